The summed E-state index contributed by atoms with van der Waals surface area (Å²) in [5.74, 6) is -1.53. The van der Waals surface area contributed by atoms with Crippen molar-refractivity contribution in [1.29, 1.82) is 0 Å². The number of benzene rings is 2. The number of carbonyl (C=O) groups excluding carboxylic acids is 2. The lowest BCUT2D eigenvalue weighted by atomic mass is 9.95. The molecule has 0 saturated carbocycles. The number of phenolic OH excluding ortho intramolecular Hbond substituents is 2. The number of carbonyl (C=O) groups is 2. The summed E-state index contributed by atoms with van der Waals surface area (Å²) in [7, 11) is 0. The Balaban J connectivity index is 2.01. The van der Waals surface area contributed by atoms with Gasteiger partial charge >= 0.3 is 5.97 Å². The Kier molecular flexibility index (Phi) is 8.48. The molecule has 0 bridgehead atoms. The molecule has 1 amide bonds. The average molecular weight is 401 g/mol. The van der Waals surface area contributed by atoms with Crippen LogP contribution in [0.2, 0.25) is 0 Å². The Labute approximate surface area is 170 Å². The fourth-order valence-corrected chi connectivity index (χ4v) is 3.04. The predicted octanol–water partition coefficient (Wildman–Crippen LogP) is 1.93. The number of hydrogen-bond donors (Lipinski definition) is 4. The second-order valence-corrected chi connectivity index (χ2v) is 6.83. The van der Waals surface area contributed by atoms with Crippen LogP contribution in [0.3, 0.4) is 0 Å². The van der Waals surface area contributed by atoms with Gasteiger partial charge in [-0.2, -0.15) is 0 Å². The number of hydrogen-bond acceptors (Lipinski definition) is 6. The molecule has 7 heteroatoms. The van der Waals surface area contributed by atoms with Crippen LogP contribution in [0.1, 0.15) is 24.5 Å². The first-order valence-corrected chi connectivity index (χ1v) is 9.54. The number of aliphatic hydroxyl groups excluding tert-OH is 1. The molecule has 0 heterocycles. The van der Waals surface area contributed by atoms with Crippen molar-refractivity contribution in [1.82, 2.24) is 5.32 Å². The predicted molar refractivity (Wildman–Crippen MR) is 107 cm³/mol. The fourth-order valence-electron chi connectivity index (χ4n) is 3.04. The van der Waals surface area contributed by atoms with Crippen molar-refractivity contribution in [2.24, 2.45) is 5.92 Å². The van der Waals surface area contributed by atoms with Gasteiger partial charge in [0.2, 0.25) is 5.91 Å². The number of nitrogens with one attached hydrogen (secondary N) is 1. The highest BCUT2D eigenvalue weighted by atomic mass is 16.5. The number of aliphatic hydroxyl groups is 1. The molecule has 7 nitrogen and oxygen atoms in total. The molecule has 0 saturated heterocycles. The summed E-state index contributed by atoms with van der Waals surface area (Å²) in [6.07, 6.45) is 0.522. The molecule has 2 unspecified atom stereocenters. The molecule has 4 N–H and O–H groups in total. The van der Waals surface area contributed by atoms with E-state index in [0.717, 1.165) is 5.56 Å². The van der Waals surface area contributed by atoms with E-state index in [1.54, 1.807) is 13.0 Å². The molecule has 2 aromatic carbocycles. The van der Waals surface area contributed by atoms with Gasteiger partial charge < -0.3 is 25.4 Å². The SMILES string of the molecule is CCOC(=O)C(Cc1ccccc1)NC(=O)CC(CO)Cc1ccc(O)cc1O. The van der Waals surface area contributed by atoms with Crippen molar-refractivity contribution in [2.75, 3.05) is 13.2 Å². The number of amides is 1. The van der Waals surface area contributed by atoms with Crippen LogP contribution in [-0.2, 0) is 27.2 Å². The first kappa shape index (κ1) is 22.2. The van der Waals surface area contributed by atoms with E-state index in [1.165, 1.54) is 12.1 Å². The van der Waals surface area contributed by atoms with Crippen molar-refractivity contribution in [3.8, 4) is 11.5 Å². The maximum absolute atomic E-state index is 12.5. The van der Waals surface area contributed by atoms with Crippen molar-refractivity contribution in [2.45, 2.75) is 32.2 Å². The lowest BCUT2D eigenvalue weighted by molar-refractivity contribution is -0.147. The molecule has 0 spiro atoms. The van der Waals surface area contributed by atoms with Gasteiger partial charge in [0.25, 0.3) is 0 Å². The maximum atomic E-state index is 12.5. The lowest BCUT2D eigenvalue weighted by Crippen LogP contribution is -2.44. The summed E-state index contributed by atoms with van der Waals surface area (Å²) >= 11 is 0. The minimum atomic E-state index is -0.828. The first-order chi connectivity index (χ1) is 13.9. The van der Waals surface area contributed by atoms with Gasteiger partial charge in [0.15, 0.2) is 0 Å². The Bertz CT molecular complexity index is 808. The Morgan fingerprint density at radius 1 is 1.07 bits per heavy atom. The van der Waals surface area contributed by atoms with Crippen LogP contribution in [0.25, 0.3) is 0 Å². The standard InChI is InChI=1S/C22H27NO6/c1-2-29-22(28)19(11-15-6-4-3-5-7-15)23-21(27)12-16(14-24)10-17-8-9-18(25)13-20(17)26/h3-9,13,16,19,24-26H,2,10-12,14H2,1H3,(H,23,27). The van der Waals surface area contributed by atoms with E-state index in [-0.39, 0.29) is 37.6 Å². The van der Waals surface area contributed by atoms with Crippen molar-refractivity contribution >= 4 is 11.9 Å². The van der Waals surface area contributed by atoms with Crippen LogP contribution in [-0.4, -0.2) is 46.5 Å². The third-order valence-corrected chi connectivity index (χ3v) is 4.50. The van der Waals surface area contributed by atoms with Crippen LogP contribution in [0.15, 0.2) is 48.5 Å². The van der Waals surface area contributed by atoms with E-state index in [1.807, 2.05) is 30.3 Å². The van der Waals surface area contributed by atoms with Gasteiger partial charge in [-0.25, -0.2) is 4.79 Å². The maximum Gasteiger partial charge on any atom is 0.328 e. The van der Waals surface area contributed by atoms with Crippen LogP contribution in [0, 0.1) is 5.92 Å². The van der Waals surface area contributed by atoms with Crippen LogP contribution in [0.4, 0.5) is 0 Å². The highest BCUT2D eigenvalue weighted by molar-refractivity contribution is 5.84. The van der Waals surface area contributed by atoms with E-state index >= 15 is 0 Å². The average Bonchev–Trinajstić information content (AvgIpc) is 2.69. The number of esters is 1. The fraction of sp³-hybridized carbons (Fsp3) is 0.364. The molecule has 0 fully saturated rings. The molecular weight excluding hydrogens is 374 g/mol. The highest BCUT2D eigenvalue weighted by Crippen LogP contribution is 2.25. The second-order valence-electron chi connectivity index (χ2n) is 6.83. The van der Waals surface area contributed by atoms with Gasteiger partial charge in [-0.15, -0.1) is 0 Å². The van der Waals surface area contributed by atoms with Gasteiger partial charge in [0.1, 0.15) is 17.5 Å². The molecule has 2 aromatic rings. The van der Waals surface area contributed by atoms with Crippen molar-refractivity contribution in [3.05, 3.63) is 59.7 Å². The normalized spacial score (nSPS) is 12.8. The van der Waals surface area contributed by atoms with Crippen molar-refractivity contribution in [3.63, 3.8) is 0 Å². The topological polar surface area (TPSA) is 116 Å². The molecule has 0 aliphatic carbocycles. The molecule has 0 aromatic heterocycles. The quantitative estimate of drug-likeness (QED) is 0.452. The molecule has 0 aliphatic rings. The largest absolute Gasteiger partial charge is 0.508 e. The molecule has 156 valence electrons. The Hall–Kier alpha value is -3.06. The number of rotatable bonds is 10. The summed E-state index contributed by atoms with van der Waals surface area (Å²) in [5.41, 5.74) is 1.40. The Morgan fingerprint density at radius 2 is 1.79 bits per heavy atom. The molecule has 2 atom stereocenters. The zero-order valence-corrected chi connectivity index (χ0v) is 16.4. The third-order valence-electron chi connectivity index (χ3n) is 4.50. The van der Waals surface area contributed by atoms with E-state index in [0.29, 0.717) is 12.0 Å². The zero-order chi connectivity index (χ0) is 21.2. The van der Waals surface area contributed by atoms with E-state index < -0.39 is 23.8 Å². The monoisotopic (exact) mass is 401 g/mol. The summed E-state index contributed by atoms with van der Waals surface area (Å²) < 4.78 is 5.07. The summed E-state index contributed by atoms with van der Waals surface area (Å²) in [6.45, 7) is 1.64. The van der Waals surface area contributed by atoms with Gasteiger partial charge in [-0.05, 0) is 36.5 Å². The smallest absolute Gasteiger partial charge is 0.328 e. The second kappa shape index (κ2) is 11.1. The number of ether oxygens (including phenoxy) is 1. The summed E-state index contributed by atoms with van der Waals surface area (Å²) in [5, 5.41) is 31.6. The van der Waals surface area contributed by atoms with E-state index in [9.17, 15) is 24.9 Å². The third kappa shape index (κ3) is 7.12. The molecule has 29 heavy (non-hydrogen) atoms. The van der Waals surface area contributed by atoms with E-state index in [2.05, 4.69) is 5.32 Å². The molecule has 2 rings (SSSR count). The van der Waals surface area contributed by atoms with Gasteiger partial charge in [0, 0.05) is 25.5 Å². The molecule has 0 radical (unpaired) electrons. The lowest BCUT2D eigenvalue weighted by Gasteiger charge is -2.20. The minimum Gasteiger partial charge on any atom is -0.508 e. The van der Waals surface area contributed by atoms with Gasteiger partial charge in [-0.1, -0.05) is 36.4 Å². The highest BCUT2D eigenvalue weighted by Gasteiger charge is 2.24. The molecular formula is C22H27NO6. The minimum absolute atomic E-state index is 0.0263. The van der Waals surface area contributed by atoms with Crippen LogP contribution >= 0.6 is 0 Å². The van der Waals surface area contributed by atoms with Gasteiger partial charge in [0.05, 0.1) is 6.61 Å². The van der Waals surface area contributed by atoms with Crippen LogP contribution in [0.5, 0.6) is 11.5 Å². The zero-order valence-electron chi connectivity index (χ0n) is 16.4. The number of phenols is 2. The van der Waals surface area contributed by atoms with Gasteiger partial charge in [-0.3, -0.25) is 4.79 Å². The molecule has 0 aliphatic heterocycles. The van der Waals surface area contributed by atoms with Crippen LogP contribution < -0.4 is 5.32 Å². The Morgan fingerprint density at radius 3 is 2.41 bits per heavy atom. The summed E-state index contributed by atoms with van der Waals surface area (Å²) in [4.78, 5) is 24.8. The van der Waals surface area contributed by atoms with Crippen molar-refractivity contribution < 1.29 is 29.6 Å². The van der Waals surface area contributed by atoms with E-state index in [4.69, 9.17) is 4.74 Å². The first-order valence-electron chi connectivity index (χ1n) is 9.54. The summed E-state index contributed by atoms with van der Waals surface area (Å²) in [6, 6.07) is 12.7. The number of aromatic hydroxyl groups is 2.